The van der Waals surface area contributed by atoms with Crippen molar-refractivity contribution in [3.63, 3.8) is 0 Å². The van der Waals surface area contributed by atoms with E-state index in [9.17, 15) is 9.59 Å². The van der Waals surface area contributed by atoms with Crippen LogP contribution in [0.5, 0.6) is 0 Å². The van der Waals surface area contributed by atoms with Gasteiger partial charge in [0.2, 0.25) is 5.91 Å². The van der Waals surface area contributed by atoms with Crippen LogP contribution in [0.4, 0.5) is 11.5 Å². The fourth-order valence-corrected chi connectivity index (χ4v) is 4.13. The normalized spacial score (nSPS) is 11.3. The average Bonchev–Trinajstić information content (AvgIpc) is 3.42. The summed E-state index contributed by atoms with van der Waals surface area (Å²) in [6.45, 7) is 7.84. The van der Waals surface area contributed by atoms with Gasteiger partial charge in [-0.15, -0.1) is 11.3 Å². The van der Waals surface area contributed by atoms with Gasteiger partial charge in [-0.2, -0.15) is 0 Å². The highest BCUT2D eigenvalue weighted by Crippen LogP contribution is 2.28. The lowest BCUT2D eigenvalue weighted by molar-refractivity contribution is -0.115. The number of anilines is 2. The topological polar surface area (TPSA) is 110 Å². The van der Waals surface area contributed by atoms with Gasteiger partial charge < -0.3 is 15.2 Å². The van der Waals surface area contributed by atoms with Gasteiger partial charge in [-0.1, -0.05) is 38.1 Å². The molecule has 0 spiro atoms. The van der Waals surface area contributed by atoms with Crippen LogP contribution in [0.1, 0.15) is 47.5 Å². The minimum atomic E-state index is -0.226. The molecule has 2 amide bonds. The van der Waals surface area contributed by atoms with E-state index in [4.69, 9.17) is 4.52 Å². The summed E-state index contributed by atoms with van der Waals surface area (Å²) >= 11 is 1.33. The second kappa shape index (κ2) is 9.56. The van der Waals surface area contributed by atoms with Crippen molar-refractivity contribution in [2.75, 3.05) is 10.6 Å². The Hall–Kier alpha value is -3.85. The first kappa shape index (κ1) is 23.3. The molecular weight excluding hydrogens is 450 g/mol. The summed E-state index contributed by atoms with van der Waals surface area (Å²) in [4.78, 5) is 34.3. The Bertz CT molecular complexity index is 1300. The van der Waals surface area contributed by atoms with Crippen molar-refractivity contribution in [2.45, 2.75) is 39.5 Å². The first-order chi connectivity index (χ1) is 16.2. The molecule has 8 nitrogen and oxygen atoms in total. The molecule has 3 heterocycles. The molecule has 0 bridgehead atoms. The van der Waals surface area contributed by atoms with E-state index in [2.05, 4.69) is 25.8 Å². The molecule has 1 aromatic carbocycles. The highest BCUT2D eigenvalue weighted by molar-refractivity contribution is 7.17. The lowest BCUT2D eigenvalue weighted by Crippen LogP contribution is -2.15. The lowest BCUT2D eigenvalue weighted by atomic mass is 9.93. The fourth-order valence-electron chi connectivity index (χ4n) is 3.17. The molecule has 3 aromatic heterocycles. The SMILES string of the molecule is Cc1nc(-c2cccnc2)sc1C(=O)Nc1ccc(CC(=O)Nc2cc(C(C)(C)C)on2)cc1. The predicted octanol–water partition coefficient (Wildman–Crippen LogP) is 5.23. The van der Waals surface area contributed by atoms with Crippen LogP contribution in [0.3, 0.4) is 0 Å². The van der Waals surface area contributed by atoms with Crippen molar-refractivity contribution >= 4 is 34.7 Å². The molecule has 9 heteroatoms. The predicted molar refractivity (Wildman–Crippen MR) is 132 cm³/mol. The first-order valence-corrected chi connectivity index (χ1v) is 11.6. The quantitative estimate of drug-likeness (QED) is 0.395. The van der Waals surface area contributed by atoms with Gasteiger partial charge in [-0.05, 0) is 36.8 Å². The summed E-state index contributed by atoms with van der Waals surface area (Å²) in [6, 6.07) is 12.6. The monoisotopic (exact) mass is 475 g/mol. The maximum atomic E-state index is 12.8. The zero-order valence-corrected chi connectivity index (χ0v) is 20.2. The highest BCUT2D eigenvalue weighted by atomic mass is 32.1. The number of nitrogens with one attached hydrogen (secondary N) is 2. The number of nitrogens with zero attached hydrogens (tertiary/aromatic N) is 3. The molecule has 4 rings (SSSR count). The van der Waals surface area contributed by atoms with Crippen LogP contribution < -0.4 is 10.6 Å². The minimum absolute atomic E-state index is 0.175. The molecule has 0 fully saturated rings. The average molecular weight is 476 g/mol. The van der Waals surface area contributed by atoms with E-state index in [0.717, 1.165) is 16.1 Å². The molecule has 0 saturated carbocycles. The second-order valence-electron chi connectivity index (χ2n) is 8.88. The summed E-state index contributed by atoms with van der Waals surface area (Å²) in [5, 5.41) is 10.3. The van der Waals surface area contributed by atoms with Crippen LogP contribution in [0.2, 0.25) is 0 Å². The number of thiazole rings is 1. The van der Waals surface area contributed by atoms with Gasteiger partial charge in [-0.25, -0.2) is 4.98 Å². The van der Waals surface area contributed by atoms with Gasteiger partial charge >= 0.3 is 0 Å². The van der Waals surface area contributed by atoms with Crippen molar-refractivity contribution in [2.24, 2.45) is 0 Å². The number of carbonyl (C=O) groups is 2. The van der Waals surface area contributed by atoms with Gasteiger partial charge in [0.1, 0.15) is 15.6 Å². The van der Waals surface area contributed by atoms with Crippen LogP contribution in [0, 0.1) is 6.92 Å². The Labute approximate surface area is 201 Å². The number of rotatable bonds is 6. The van der Waals surface area contributed by atoms with E-state index in [1.807, 2.05) is 39.8 Å². The van der Waals surface area contributed by atoms with Crippen molar-refractivity contribution < 1.29 is 14.1 Å². The molecule has 0 saturated heterocycles. The van der Waals surface area contributed by atoms with Gasteiger partial charge in [0, 0.05) is 35.1 Å². The Morgan fingerprint density at radius 3 is 2.50 bits per heavy atom. The van der Waals surface area contributed by atoms with Gasteiger partial charge in [0.05, 0.1) is 12.1 Å². The van der Waals surface area contributed by atoms with Gasteiger partial charge in [-0.3, -0.25) is 14.6 Å². The molecule has 0 aliphatic carbocycles. The molecule has 174 valence electrons. The lowest BCUT2D eigenvalue weighted by Gasteiger charge is -2.12. The van der Waals surface area contributed by atoms with Gasteiger partial charge in [0.15, 0.2) is 5.82 Å². The first-order valence-electron chi connectivity index (χ1n) is 10.7. The zero-order valence-electron chi connectivity index (χ0n) is 19.4. The molecule has 34 heavy (non-hydrogen) atoms. The Morgan fingerprint density at radius 1 is 1.09 bits per heavy atom. The van der Waals surface area contributed by atoms with Crippen LogP contribution in [0.25, 0.3) is 10.6 Å². The van der Waals surface area contributed by atoms with Gasteiger partial charge in [0.25, 0.3) is 5.91 Å². The van der Waals surface area contributed by atoms with Crippen molar-refractivity contribution in [3.05, 3.63) is 76.8 Å². The third kappa shape index (κ3) is 5.55. The smallest absolute Gasteiger partial charge is 0.267 e. The van der Waals surface area contributed by atoms with E-state index in [0.29, 0.717) is 27.8 Å². The van der Waals surface area contributed by atoms with Crippen molar-refractivity contribution in [1.82, 2.24) is 15.1 Å². The fraction of sp³-hybridized carbons (Fsp3) is 0.240. The van der Waals surface area contributed by atoms with Crippen LogP contribution in [-0.2, 0) is 16.6 Å². The molecule has 0 unspecified atom stereocenters. The summed E-state index contributed by atoms with van der Waals surface area (Å²) in [5.74, 6) is 0.668. The van der Waals surface area contributed by atoms with Crippen LogP contribution in [0.15, 0.2) is 59.4 Å². The number of benzene rings is 1. The zero-order chi connectivity index (χ0) is 24.3. The number of hydrogen-bond donors (Lipinski definition) is 2. The maximum Gasteiger partial charge on any atom is 0.267 e. The number of aromatic nitrogens is 3. The van der Waals surface area contributed by atoms with Crippen molar-refractivity contribution in [3.8, 4) is 10.6 Å². The number of pyridine rings is 1. The summed E-state index contributed by atoms with van der Waals surface area (Å²) < 4.78 is 5.29. The Morgan fingerprint density at radius 2 is 1.85 bits per heavy atom. The van der Waals surface area contributed by atoms with E-state index >= 15 is 0 Å². The number of amides is 2. The van der Waals surface area contributed by atoms with E-state index in [1.165, 1.54) is 11.3 Å². The number of hydrogen-bond acceptors (Lipinski definition) is 7. The third-order valence-corrected chi connectivity index (χ3v) is 6.21. The second-order valence-corrected chi connectivity index (χ2v) is 9.88. The molecule has 0 radical (unpaired) electrons. The Balaban J connectivity index is 1.36. The number of aryl methyl sites for hydroxylation is 1. The van der Waals surface area contributed by atoms with Crippen molar-refractivity contribution in [1.29, 1.82) is 0 Å². The Kier molecular flexibility index (Phi) is 6.56. The largest absolute Gasteiger partial charge is 0.359 e. The summed E-state index contributed by atoms with van der Waals surface area (Å²) in [5.41, 5.74) is 2.79. The van der Waals surface area contributed by atoms with E-state index in [-0.39, 0.29) is 23.7 Å². The molecule has 0 aliphatic rings. The number of carbonyl (C=O) groups excluding carboxylic acids is 2. The molecule has 0 aliphatic heterocycles. The van der Waals surface area contributed by atoms with E-state index < -0.39 is 0 Å². The maximum absolute atomic E-state index is 12.8. The van der Waals surface area contributed by atoms with E-state index in [1.54, 1.807) is 42.7 Å². The van der Waals surface area contributed by atoms with Crippen LogP contribution in [-0.4, -0.2) is 26.9 Å². The standard InChI is InChI=1S/C25H25N5O3S/c1-15-22(34-24(27-15)17-6-5-11-26-14-17)23(32)28-18-9-7-16(8-10-18)12-21(31)29-20-13-19(33-30-20)25(2,3)4/h5-11,13-14H,12H2,1-4H3,(H,28,32)(H,29,30,31). The molecule has 4 aromatic rings. The molecule has 0 atom stereocenters. The summed E-state index contributed by atoms with van der Waals surface area (Å²) in [7, 11) is 0. The summed E-state index contributed by atoms with van der Waals surface area (Å²) in [6.07, 6.45) is 3.59. The highest BCUT2D eigenvalue weighted by Gasteiger charge is 2.20. The minimum Gasteiger partial charge on any atom is -0.359 e. The van der Waals surface area contributed by atoms with Crippen LogP contribution >= 0.6 is 11.3 Å². The molecular formula is C25H25N5O3S. The third-order valence-electron chi connectivity index (χ3n) is 5.00. The molecule has 2 N–H and O–H groups in total.